The fraction of sp³-hybridized carbons (Fsp3) is 0.950. The van der Waals surface area contributed by atoms with Crippen molar-refractivity contribution >= 4 is 29.9 Å². The highest BCUT2D eigenvalue weighted by Crippen LogP contribution is 2.43. The van der Waals surface area contributed by atoms with Crippen LogP contribution in [0.3, 0.4) is 0 Å². The molecular weight excluding hydrogens is 423 g/mol. The van der Waals surface area contributed by atoms with Gasteiger partial charge in [0.25, 0.3) is 0 Å². The number of guanidine groups is 1. The second kappa shape index (κ2) is 10.3. The van der Waals surface area contributed by atoms with Crippen LogP contribution in [0.5, 0.6) is 0 Å². The molecule has 3 rings (SSSR count). The largest absolute Gasteiger partial charge is 0.357 e. The van der Waals surface area contributed by atoms with Crippen LogP contribution in [0.25, 0.3) is 0 Å². The van der Waals surface area contributed by atoms with Crippen LogP contribution < -0.4 is 5.32 Å². The summed E-state index contributed by atoms with van der Waals surface area (Å²) in [5, 5.41) is 3.57. The summed E-state index contributed by atoms with van der Waals surface area (Å²) in [4.78, 5) is 10.2. The van der Waals surface area contributed by atoms with Gasteiger partial charge in [0, 0.05) is 32.7 Å². The predicted molar refractivity (Wildman–Crippen MR) is 118 cm³/mol. The molecule has 0 aromatic carbocycles. The van der Waals surface area contributed by atoms with E-state index in [9.17, 15) is 0 Å². The number of nitrogens with one attached hydrogen (secondary N) is 1. The number of hydrogen-bond donors (Lipinski definition) is 1. The number of aliphatic imine (C=N–C) groups is 1. The van der Waals surface area contributed by atoms with Gasteiger partial charge in [-0.15, -0.1) is 24.0 Å². The molecule has 3 fully saturated rings. The third-order valence-electron chi connectivity index (χ3n) is 6.40. The monoisotopic (exact) mass is 462 g/mol. The lowest BCUT2D eigenvalue weighted by atomic mass is 9.73. The molecule has 1 unspecified atom stereocenters. The normalized spacial score (nSPS) is 26.9. The van der Waals surface area contributed by atoms with E-state index in [1.165, 1.54) is 90.0 Å². The van der Waals surface area contributed by atoms with E-state index in [0.29, 0.717) is 5.41 Å². The minimum Gasteiger partial charge on any atom is -0.357 e. The molecule has 5 heteroatoms. The Morgan fingerprint density at radius 2 is 1.92 bits per heavy atom. The maximum Gasteiger partial charge on any atom is 0.193 e. The lowest BCUT2D eigenvalue weighted by Crippen LogP contribution is -2.42. The van der Waals surface area contributed by atoms with Crippen LogP contribution in [0.2, 0.25) is 0 Å². The maximum atomic E-state index is 5.05. The molecule has 1 saturated carbocycles. The lowest BCUT2D eigenvalue weighted by Gasteiger charge is -2.33. The zero-order valence-corrected chi connectivity index (χ0v) is 18.8. The van der Waals surface area contributed by atoms with Crippen molar-refractivity contribution in [2.45, 2.75) is 65.2 Å². The van der Waals surface area contributed by atoms with Gasteiger partial charge < -0.3 is 15.1 Å². The zero-order valence-electron chi connectivity index (χ0n) is 16.4. The Hall–Kier alpha value is -0.0400. The molecule has 1 N–H and O–H groups in total. The summed E-state index contributed by atoms with van der Waals surface area (Å²) in [7, 11) is 0. The second-order valence-corrected chi connectivity index (χ2v) is 8.38. The first-order valence-electron chi connectivity index (χ1n) is 10.5. The minimum absolute atomic E-state index is 0. The van der Waals surface area contributed by atoms with Crippen LogP contribution in [-0.4, -0.2) is 61.6 Å². The van der Waals surface area contributed by atoms with Crippen LogP contribution in [0.1, 0.15) is 65.2 Å². The van der Waals surface area contributed by atoms with Gasteiger partial charge in [-0.1, -0.05) is 26.2 Å². The third kappa shape index (κ3) is 5.72. The first-order chi connectivity index (χ1) is 11.7. The fourth-order valence-corrected chi connectivity index (χ4v) is 5.05. The molecule has 2 saturated heterocycles. The summed E-state index contributed by atoms with van der Waals surface area (Å²) in [6, 6.07) is 0. The van der Waals surface area contributed by atoms with E-state index < -0.39 is 0 Å². The first-order valence-corrected chi connectivity index (χ1v) is 10.5. The average Bonchev–Trinajstić information content (AvgIpc) is 3.20. The minimum atomic E-state index is 0. The Balaban J connectivity index is 0.00000225. The molecule has 2 heterocycles. The van der Waals surface area contributed by atoms with E-state index in [1.807, 2.05) is 0 Å². The summed E-state index contributed by atoms with van der Waals surface area (Å²) >= 11 is 0. The average molecular weight is 462 g/mol. The summed E-state index contributed by atoms with van der Waals surface area (Å²) < 4.78 is 0. The molecule has 0 amide bonds. The lowest BCUT2D eigenvalue weighted by molar-refractivity contribution is 0.203. The van der Waals surface area contributed by atoms with Gasteiger partial charge >= 0.3 is 0 Å². The quantitative estimate of drug-likeness (QED) is 0.381. The summed E-state index contributed by atoms with van der Waals surface area (Å²) in [6.07, 6.45) is 11.2. The zero-order chi connectivity index (χ0) is 16.8. The molecule has 3 aliphatic rings. The van der Waals surface area contributed by atoms with Crippen LogP contribution >= 0.6 is 24.0 Å². The number of hydrogen-bond acceptors (Lipinski definition) is 2. The molecule has 1 aliphatic carbocycles. The van der Waals surface area contributed by atoms with Gasteiger partial charge in [0.1, 0.15) is 0 Å². The van der Waals surface area contributed by atoms with E-state index >= 15 is 0 Å². The maximum absolute atomic E-state index is 5.05. The summed E-state index contributed by atoms with van der Waals surface area (Å²) in [5.41, 5.74) is 0.611. The predicted octanol–water partition coefficient (Wildman–Crippen LogP) is 3.96. The van der Waals surface area contributed by atoms with E-state index in [0.717, 1.165) is 19.0 Å². The standard InChI is InChI=1S/C20H38N4.HI/c1-3-12-23-13-8-18(16-23)15-22-19(21-4-2)24-14-11-20(17-24)9-6-5-7-10-20;/h18H,3-17H2,1-2H3,(H,21,22);1H. The molecular formula is C20H39IN4. The van der Waals surface area contributed by atoms with E-state index in [-0.39, 0.29) is 24.0 Å². The molecule has 0 aromatic rings. The number of likely N-dealkylation sites (tertiary alicyclic amines) is 2. The third-order valence-corrected chi connectivity index (χ3v) is 6.40. The van der Waals surface area contributed by atoms with Crippen molar-refractivity contribution in [2.24, 2.45) is 16.3 Å². The highest BCUT2D eigenvalue weighted by atomic mass is 127. The second-order valence-electron chi connectivity index (χ2n) is 8.38. The van der Waals surface area contributed by atoms with Gasteiger partial charge in [0.2, 0.25) is 0 Å². The van der Waals surface area contributed by atoms with Crippen LogP contribution in [-0.2, 0) is 0 Å². The Bertz CT molecular complexity index is 420. The molecule has 146 valence electrons. The Morgan fingerprint density at radius 3 is 2.64 bits per heavy atom. The number of nitrogens with zero attached hydrogens (tertiary/aromatic N) is 3. The Labute approximate surface area is 172 Å². The van der Waals surface area contributed by atoms with Crippen LogP contribution in [0.4, 0.5) is 0 Å². The van der Waals surface area contributed by atoms with E-state index in [1.54, 1.807) is 0 Å². The van der Waals surface area contributed by atoms with Gasteiger partial charge in [-0.2, -0.15) is 0 Å². The number of rotatable bonds is 5. The molecule has 1 spiro atoms. The van der Waals surface area contributed by atoms with Crippen molar-refractivity contribution in [3.63, 3.8) is 0 Å². The van der Waals surface area contributed by atoms with Crippen molar-refractivity contribution < 1.29 is 0 Å². The summed E-state index contributed by atoms with van der Waals surface area (Å²) in [6.45, 7) is 12.7. The van der Waals surface area contributed by atoms with E-state index in [2.05, 4.69) is 29.0 Å². The molecule has 2 aliphatic heterocycles. The highest BCUT2D eigenvalue weighted by Gasteiger charge is 2.39. The van der Waals surface area contributed by atoms with Crippen molar-refractivity contribution in [1.82, 2.24) is 15.1 Å². The topological polar surface area (TPSA) is 30.9 Å². The van der Waals surface area contributed by atoms with E-state index in [4.69, 9.17) is 4.99 Å². The van der Waals surface area contributed by atoms with Crippen LogP contribution in [0.15, 0.2) is 4.99 Å². The van der Waals surface area contributed by atoms with Crippen molar-refractivity contribution in [3.05, 3.63) is 0 Å². The molecule has 1 atom stereocenters. The van der Waals surface area contributed by atoms with Crippen molar-refractivity contribution in [1.29, 1.82) is 0 Å². The van der Waals surface area contributed by atoms with Crippen LogP contribution in [0, 0.1) is 11.3 Å². The molecule has 0 bridgehead atoms. The highest BCUT2D eigenvalue weighted by molar-refractivity contribution is 14.0. The van der Waals surface area contributed by atoms with Gasteiger partial charge in [-0.3, -0.25) is 4.99 Å². The molecule has 25 heavy (non-hydrogen) atoms. The molecule has 4 nitrogen and oxygen atoms in total. The van der Waals surface area contributed by atoms with Crippen molar-refractivity contribution in [2.75, 3.05) is 45.8 Å². The summed E-state index contributed by atoms with van der Waals surface area (Å²) in [5.74, 6) is 1.95. The molecule has 0 aromatic heterocycles. The number of halogens is 1. The fourth-order valence-electron chi connectivity index (χ4n) is 5.05. The Morgan fingerprint density at radius 1 is 1.12 bits per heavy atom. The van der Waals surface area contributed by atoms with Gasteiger partial charge in [-0.25, -0.2) is 0 Å². The van der Waals surface area contributed by atoms with Gasteiger partial charge in [0.05, 0.1) is 0 Å². The van der Waals surface area contributed by atoms with Gasteiger partial charge in [0.15, 0.2) is 5.96 Å². The Kier molecular flexibility index (Phi) is 8.79. The van der Waals surface area contributed by atoms with Crippen molar-refractivity contribution in [3.8, 4) is 0 Å². The SMILES string of the molecule is CCCN1CCC(CN=C(NCC)N2CCC3(CCCCC3)C2)C1.I. The smallest absolute Gasteiger partial charge is 0.193 e. The van der Waals surface area contributed by atoms with Gasteiger partial charge in [-0.05, 0) is 63.5 Å². The first kappa shape index (κ1) is 21.3. The molecule has 0 radical (unpaired) electrons.